The van der Waals surface area contributed by atoms with E-state index in [0.717, 1.165) is 5.69 Å². The van der Waals surface area contributed by atoms with E-state index in [-0.39, 0.29) is 18.8 Å². The summed E-state index contributed by atoms with van der Waals surface area (Å²) in [4.78, 5) is 16.7. The SMILES string of the molecule is Cl.O=C(O)CCc1c[nH]cn1. The third-order valence-electron chi connectivity index (χ3n) is 1.15. The number of nitrogens with zero attached hydrogens (tertiary/aromatic N) is 1. The van der Waals surface area contributed by atoms with E-state index in [4.69, 9.17) is 5.11 Å². The molecule has 0 atom stereocenters. The Morgan fingerprint density at radius 2 is 2.45 bits per heavy atom. The molecular formula is C6H9ClN2O2. The molecule has 0 saturated heterocycles. The maximum Gasteiger partial charge on any atom is 0.303 e. The summed E-state index contributed by atoms with van der Waals surface area (Å²) in [5.41, 5.74) is 0.794. The predicted molar refractivity (Wildman–Crippen MR) is 41.8 cm³/mol. The molecule has 0 aliphatic carbocycles. The Balaban J connectivity index is 0.000001000. The van der Waals surface area contributed by atoms with Crippen molar-refractivity contribution < 1.29 is 9.90 Å². The zero-order chi connectivity index (χ0) is 7.40. The van der Waals surface area contributed by atoms with Gasteiger partial charge in [-0.05, 0) is 0 Å². The fourth-order valence-electron chi connectivity index (χ4n) is 0.663. The molecule has 0 unspecified atom stereocenters. The number of aromatic nitrogens is 2. The average molecular weight is 177 g/mol. The van der Waals surface area contributed by atoms with Crippen molar-refractivity contribution >= 4 is 18.4 Å². The van der Waals surface area contributed by atoms with Crippen LogP contribution in [-0.2, 0) is 11.2 Å². The summed E-state index contributed by atoms with van der Waals surface area (Å²) in [5.74, 6) is -0.789. The lowest BCUT2D eigenvalue weighted by Gasteiger charge is -1.88. The second-order valence-electron chi connectivity index (χ2n) is 1.95. The van der Waals surface area contributed by atoms with E-state index < -0.39 is 5.97 Å². The third kappa shape index (κ3) is 3.62. The highest BCUT2D eigenvalue weighted by molar-refractivity contribution is 5.85. The molecule has 1 heterocycles. The first-order chi connectivity index (χ1) is 4.79. The molecule has 62 valence electrons. The summed E-state index contributed by atoms with van der Waals surface area (Å²) in [6.07, 6.45) is 3.88. The van der Waals surface area contributed by atoms with Crippen molar-refractivity contribution in [3.63, 3.8) is 0 Å². The van der Waals surface area contributed by atoms with Gasteiger partial charge in [0.05, 0.1) is 18.4 Å². The number of aliphatic carboxylic acids is 1. The highest BCUT2D eigenvalue weighted by Crippen LogP contribution is 1.95. The van der Waals surface area contributed by atoms with Crippen molar-refractivity contribution in [1.82, 2.24) is 9.97 Å². The lowest BCUT2D eigenvalue weighted by Crippen LogP contribution is -1.97. The topological polar surface area (TPSA) is 66.0 Å². The fourth-order valence-corrected chi connectivity index (χ4v) is 0.663. The largest absolute Gasteiger partial charge is 0.481 e. The quantitative estimate of drug-likeness (QED) is 0.718. The van der Waals surface area contributed by atoms with Crippen LogP contribution in [0.1, 0.15) is 12.1 Å². The van der Waals surface area contributed by atoms with Gasteiger partial charge in [-0.1, -0.05) is 0 Å². The average Bonchev–Trinajstić information content (AvgIpc) is 2.34. The van der Waals surface area contributed by atoms with Crippen LogP contribution in [0.15, 0.2) is 12.5 Å². The van der Waals surface area contributed by atoms with Crippen molar-refractivity contribution in [2.45, 2.75) is 12.8 Å². The molecule has 4 nitrogen and oxygen atoms in total. The standard InChI is InChI=1S/C6H8N2O2.ClH/c9-6(10)2-1-5-3-7-4-8-5;/h3-4H,1-2H2,(H,7,8)(H,9,10);1H. The van der Waals surface area contributed by atoms with Gasteiger partial charge in [-0.2, -0.15) is 0 Å². The summed E-state index contributed by atoms with van der Waals surface area (Å²) in [5, 5.41) is 8.27. The summed E-state index contributed by atoms with van der Waals surface area (Å²) in [7, 11) is 0. The second kappa shape index (κ2) is 4.73. The van der Waals surface area contributed by atoms with Gasteiger partial charge in [0, 0.05) is 12.6 Å². The summed E-state index contributed by atoms with van der Waals surface area (Å²) < 4.78 is 0. The summed E-state index contributed by atoms with van der Waals surface area (Å²) >= 11 is 0. The molecule has 1 aromatic rings. The molecule has 0 bridgehead atoms. The number of aryl methyl sites for hydroxylation is 1. The van der Waals surface area contributed by atoms with Gasteiger partial charge < -0.3 is 10.1 Å². The van der Waals surface area contributed by atoms with Crippen LogP contribution in [0.25, 0.3) is 0 Å². The van der Waals surface area contributed by atoms with Gasteiger partial charge in [0.1, 0.15) is 0 Å². The first-order valence-electron chi connectivity index (χ1n) is 2.98. The van der Waals surface area contributed by atoms with Crippen LogP contribution in [0, 0.1) is 0 Å². The number of hydrogen-bond donors (Lipinski definition) is 2. The van der Waals surface area contributed by atoms with Gasteiger partial charge in [0.2, 0.25) is 0 Å². The smallest absolute Gasteiger partial charge is 0.303 e. The molecule has 0 saturated carbocycles. The molecule has 0 fully saturated rings. The number of carboxylic acid groups (broad SMARTS) is 1. The lowest BCUT2D eigenvalue weighted by atomic mass is 10.2. The number of nitrogens with one attached hydrogen (secondary N) is 1. The first kappa shape index (κ1) is 9.97. The molecule has 0 amide bonds. The molecule has 0 spiro atoms. The number of carboxylic acids is 1. The number of rotatable bonds is 3. The number of imidazole rings is 1. The maximum atomic E-state index is 10.1. The van der Waals surface area contributed by atoms with Crippen molar-refractivity contribution in [3.05, 3.63) is 18.2 Å². The highest BCUT2D eigenvalue weighted by Gasteiger charge is 1.98. The third-order valence-corrected chi connectivity index (χ3v) is 1.15. The van der Waals surface area contributed by atoms with Gasteiger partial charge >= 0.3 is 5.97 Å². The Morgan fingerprint density at radius 3 is 2.91 bits per heavy atom. The minimum Gasteiger partial charge on any atom is -0.481 e. The van der Waals surface area contributed by atoms with Crippen LogP contribution in [0.2, 0.25) is 0 Å². The van der Waals surface area contributed by atoms with E-state index in [0.29, 0.717) is 6.42 Å². The molecule has 5 heteroatoms. The van der Waals surface area contributed by atoms with Crippen LogP contribution in [0.4, 0.5) is 0 Å². The van der Waals surface area contributed by atoms with Crippen molar-refractivity contribution in [2.75, 3.05) is 0 Å². The van der Waals surface area contributed by atoms with E-state index in [9.17, 15) is 4.79 Å². The Hall–Kier alpha value is -1.03. The monoisotopic (exact) mass is 176 g/mol. The number of H-pyrrole nitrogens is 1. The normalized spacial score (nSPS) is 8.73. The van der Waals surface area contributed by atoms with E-state index >= 15 is 0 Å². The van der Waals surface area contributed by atoms with E-state index in [1.807, 2.05) is 0 Å². The Labute approximate surface area is 70.1 Å². The Morgan fingerprint density at radius 1 is 1.73 bits per heavy atom. The van der Waals surface area contributed by atoms with Gasteiger partial charge in [-0.3, -0.25) is 4.79 Å². The molecular weight excluding hydrogens is 168 g/mol. The Bertz CT molecular complexity index is 210. The number of carbonyl (C=O) groups is 1. The lowest BCUT2D eigenvalue weighted by molar-refractivity contribution is -0.136. The molecule has 0 aromatic carbocycles. The van der Waals surface area contributed by atoms with E-state index in [1.54, 1.807) is 6.20 Å². The van der Waals surface area contributed by atoms with Gasteiger partial charge in [0.25, 0.3) is 0 Å². The highest BCUT2D eigenvalue weighted by atomic mass is 35.5. The van der Waals surface area contributed by atoms with Crippen molar-refractivity contribution in [1.29, 1.82) is 0 Å². The molecule has 11 heavy (non-hydrogen) atoms. The number of aromatic amines is 1. The molecule has 1 aromatic heterocycles. The van der Waals surface area contributed by atoms with Crippen LogP contribution in [-0.4, -0.2) is 21.0 Å². The van der Waals surface area contributed by atoms with Crippen LogP contribution in [0.5, 0.6) is 0 Å². The van der Waals surface area contributed by atoms with Crippen LogP contribution < -0.4 is 0 Å². The van der Waals surface area contributed by atoms with Gasteiger partial charge in [-0.25, -0.2) is 4.98 Å². The van der Waals surface area contributed by atoms with E-state index in [2.05, 4.69) is 9.97 Å². The molecule has 0 aliphatic heterocycles. The van der Waals surface area contributed by atoms with Crippen molar-refractivity contribution in [3.8, 4) is 0 Å². The molecule has 0 aliphatic rings. The minimum absolute atomic E-state index is 0. The van der Waals surface area contributed by atoms with Crippen LogP contribution in [0.3, 0.4) is 0 Å². The van der Waals surface area contributed by atoms with Crippen molar-refractivity contribution in [2.24, 2.45) is 0 Å². The second-order valence-corrected chi connectivity index (χ2v) is 1.95. The maximum absolute atomic E-state index is 10.1. The predicted octanol–water partition coefficient (Wildman–Crippen LogP) is 0.849. The summed E-state index contributed by atoms with van der Waals surface area (Å²) in [6.45, 7) is 0. The molecule has 2 N–H and O–H groups in total. The number of hydrogen-bond acceptors (Lipinski definition) is 2. The van der Waals surface area contributed by atoms with Gasteiger partial charge in [-0.15, -0.1) is 12.4 Å². The molecule has 0 radical (unpaired) electrons. The molecule has 1 rings (SSSR count). The Kier molecular flexibility index (Phi) is 4.29. The fraction of sp³-hybridized carbons (Fsp3) is 0.333. The minimum atomic E-state index is -0.789. The zero-order valence-electron chi connectivity index (χ0n) is 5.78. The number of halogens is 1. The summed E-state index contributed by atoms with van der Waals surface area (Å²) in [6, 6.07) is 0. The zero-order valence-corrected chi connectivity index (χ0v) is 6.60. The first-order valence-corrected chi connectivity index (χ1v) is 2.98. The van der Waals surface area contributed by atoms with Crippen LogP contribution >= 0.6 is 12.4 Å². The van der Waals surface area contributed by atoms with E-state index in [1.165, 1.54) is 6.33 Å². The van der Waals surface area contributed by atoms with Gasteiger partial charge in [0.15, 0.2) is 0 Å².